The van der Waals surface area contributed by atoms with Gasteiger partial charge in [-0.05, 0) is 50.8 Å². The number of amides is 2. The van der Waals surface area contributed by atoms with Gasteiger partial charge in [0, 0.05) is 11.4 Å². The second-order valence-corrected chi connectivity index (χ2v) is 9.94. The van der Waals surface area contributed by atoms with Crippen molar-refractivity contribution in [2.45, 2.75) is 49.7 Å². The lowest BCUT2D eigenvalue weighted by Crippen LogP contribution is -2.60. The maximum atomic E-state index is 13.5. The van der Waals surface area contributed by atoms with Crippen molar-refractivity contribution in [3.63, 3.8) is 0 Å². The van der Waals surface area contributed by atoms with Gasteiger partial charge in [-0.3, -0.25) is 14.5 Å². The molecule has 0 radical (unpaired) electrons. The summed E-state index contributed by atoms with van der Waals surface area (Å²) in [6.45, 7) is 6.11. The van der Waals surface area contributed by atoms with E-state index in [0.29, 0.717) is 16.5 Å². The lowest BCUT2D eigenvalue weighted by molar-refractivity contribution is -0.126. The predicted octanol–water partition coefficient (Wildman–Crippen LogP) is 3.83. The minimum atomic E-state index is -0.993. The molecule has 7 nitrogen and oxygen atoms in total. The monoisotopic (exact) mass is 441 g/mol. The molecule has 3 aromatic rings. The van der Waals surface area contributed by atoms with Crippen molar-refractivity contribution in [1.29, 1.82) is 0 Å². The number of thioether (sulfide) groups is 1. The highest BCUT2D eigenvalue weighted by Gasteiger charge is 2.44. The van der Waals surface area contributed by atoms with E-state index in [1.54, 1.807) is 36.4 Å². The Labute approximate surface area is 183 Å². The predicted molar refractivity (Wildman–Crippen MR) is 120 cm³/mol. The van der Waals surface area contributed by atoms with Crippen LogP contribution in [-0.2, 0) is 22.6 Å². The fourth-order valence-electron chi connectivity index (χ4n) is 3.41. The molecule has 1 N–H and O–H groups in total. The first-order valence-corrected chi connectivity index (χ1v) is 11.5. The van der Waals surface area contributed by atoms with Gasteiger partial charge in [0.2, 0.25) is 11.8 Å². The molecule has 0 saturated carbocycles. The van der Waals surface area contributed by atoms with E-state index >= 15 is 0 Å². The molecule has 1 aromatic carbocycles. The Balaban J connectivity index is 1.53. The van der Waals surface area contributed by atoms with Gasteiger partial charge in [0.1, 0.15) is 11.9 Å². The van der Waals surface area contributed by atoms with Gasteiger partial charge in [0.25, 0.3) is 0 Å². The van der Waals surface area contributed by atoms with Crippen LogP contribution in [0.3, 0.4) is 0 Å². The molecule has 30 heavy (non-hydrogen) atoms. The summed E-state index contributed by atoms with van der Waals surface area (Å²) in [6, 6.07) is 11.5. The number of hydrogen-bond donors (Lipinski definition) is 1. The molecule has 0 saturated heterocycles. The Kier molecular flexibility index (Phi) is 5.66. The number of carbonyl (C=O) groups is 2. The molecule has 0 fully saturated rings. The molecule has 2 aromatic heterocycles. The van der Waals surface area contributed by atoms with Crippen molar-refractivity contribution >= 4 is 46.3 Å². The largest absolute Gasteiger partial charge is 0.322 e. The van der Waals surface area contributed by atoms with E-state index in [1.165, 1.54) is 16.6 Å². The van der Waals surface area contributed by atoms with Gasteiger partial charge in [-0.15, -0.1) is 21.5 Å². The zero-order chi connectivity index (χ0) is 21.3. The van der Waals surface area contributed by atoms with E-state index < -0.39 is 10.8 Å². The van der Waals surface area contributed by atoms with Crippen molar-refractivity contribution in [1.82, 2.24) is 14.8 Å². The van der Waals surface area contributed by atoms with Crippen LogP contribution in [0.1, 0.15) is 25.6 Å². The van der Waals surface area contributed by atoms with Crippen LogP contribution in [0, 0.1) is 0 Å². The molecule has 0 aliphatic carbocycles. The Morgan fingerprint density at radius 3 is 2.83 bits per heavy atom. The fraction of sp³-hybridized carbons (Fsp3) is 0.333. The summed E-state index contributed by atoms with van der Waals surface area (Å²) < 4.78 is 1.97. The van der Waals surface area contributed by atoms with Crippen LogP contribution >= 0.6 is 23.1 Å². The standard InChI is InChI=1S/C21H23N5O2S2/c1-14(30-20-24-22-13-25(20)11-10-15-7-6-12-29-15)18(27)26-17-9-5-4-8-16(17)23-19(28)21(26,2)3/h4-9,12-14H,10-11H2,1-3H3,(H,23,28). The molecule has 0 spiro atoms. The number of fused-ring (bicyclic) bond motifs is 1. The summed E-state index contributed by atoms with van der Waals surface area (Å²) in [7, 11) is 0. The van der Waals surface area contributed by atoms with Crippen LogP contribution in [-0.4, -0.2) is 37.4 Å². The van der Waals surface area contributed by atoms with Crippen LogP contribution in [0.15, 0.2) is 53.3 Å². The van der Waals surface area contributed by atoms with E-state index in [-0.39, 0.29) is 11.8 Å². The van der Waals surface area contributed by atoms with Gasteiger partial charge < -0.3 is 9.88 Å². The number of hydrogen-bond acceptors (Lipinski definition) is 6. The molecule has 4 rings (SSSR count). The minimum absolute atomic E-state index is 0.139. The van der Waals surface area contributed by atoms with Gasteiger partial charge in [-0.25, -0.2) is 0 Å². The first kappa shape index (κ1) is 20.6. The molecule has 9 heteroatoms. The molecule has 0 bridgehead atoms. The summed E-state index contributed by atoms with van der Waals surface area (Å²) in [4.78, 5) is 29.0. The Bertz CT molecular complexity index is 1060. The van der Waals surface area contributed by atoms with Crippen molar-refractivity contribution in [2.24, 2.45) is 0 Å². The Hall–Kier alpha value is -2.65. The number of carbonyl (C=O) groups excluding carboxylic acids is 2. The topological polar surface area (TPSA) is 80.1 Å². The zero-order valence-corrected chi connectivity index (χ0v) is 18.7. The number of nitrogens with one attached hydrogen (secondary N) is 1. The smallest absolute Gasteiger partial charge is 0.250 e. The van der Waals surface area contributed by atoms with Gasteiger partial charge in [0.15, 0.2) is 5.16 Å². The summed E-state index contributed by atoms with van der Waals surface area (Å²) in [5.41, 5.74) is 0.359. The quantitative estimate of drug-likeness (QED) is 0.588. The molecular formula is C21H23N5O2S2. The van der Waals surface area contributed by atoms with Crippen molar-refractivity contribution in [2.75, 3.05) is 10.2 Å². The van der Waals surface area contributed by atoms with E-state index in [4.69, 9.17) is 0 Å². The number of nitrogens with zero attached hydrogens (tertiary/aromatic N) is 4. The average Bonchev–Trinajstić information content (AvgIpc) is 3.38. The first-order valence-electron chi connectivity index (χ1n) is 9.69. The maximum absolute atomic E-state index is 13.5. The van der Waals surface area contributed by atoms with Crippen molar-refractivity contribution in [3.8, 4) is 0 Å². The van der Waals surface area contributed by atoms with Crippen molar-refractivity contribution < 1.29 is 9.59 Å². The number of thiophene rings is 1. The Morgan fingerprint density at radius 1 is 1.27 bits per heavy atom. The first-order chi connectivity index (χ1) is 14.4. The van der Waals surface area contributed by atoms with Crippen LogP contribution in [0.4, 0.5) is 11.4 Å². The molecule has 1 unspecified atom stereocenters. The van der Waals surface area contributed by atoms with Crippen molar-refractivity contribution in [3.05, 3.63) is 53.0 Å². The number of aromatic nitrogens is 3. The Morgan fingerprint density at radius 2 is 2.07 bits per heavy atom. The third kappa shape index (κ3) is 3.87. The minimum Gasteiger partial charge on any atom is -0.322 e. The lowest BCUT2D eigenvalue weighted by Gasteiger charge is -2.43. The second-order valence-electron chi connectivity index (χ2n) is 7.60. The van der Waals surface area contributed by atoms with Gasteiger partial charge in [-0.2, -0.15) is 0 Å². The van der Waals surface area contributed by atoms with E-state index in [0.717, 1.165) is 13.0 Å². The van der Waals surface area contributed by atoms with Gasteiger partial charge in [-0.1, -0.05) is 30.0 Å². The molecule has 2 amide bonds. The maximum Gasteiger partial charge on any atom is 0.250 e. The molecule has 1 aliphatic heterocycles. The van der Waals surface area contributed by atoms with Crippen LogP contribution in [0.25, 0.3) is 0 Å². The number of para-hydroxylation sites is 2. The SMILES string of the molecule is CC(Sc1nncn1CCc1cccs1)C(=O)N1c2ccccc2NC(=O)C1(C)C. The highest BCUT2D eigenvalue weighted by Crippen LogP contribution is 2.38. The summed E-state index contributed by atoms with van der Waals surface area (Å²) >= 11 is 3.08. The van der Waals surface area contributed by atoms with Gasteiger partial charge >= 0.3 is 0 Å². The summed E-state index contributed by atoms with van der Waals surface area (Å²) in [5.74, 6) is -0.342. The third-order valence-electron chi connectivity index (χ3n) is 5.12. The number of aryl methyl sites for hydroxylation is 2. The highest BCUT2D eigenvalue weighted by atomic mass is 32.2. The number of benzene rings is 1. The number of rotatable bonds is 6. The lowest BCUT2D eigenvalue weighted by atomic mass is 9.96. The van der Waals surface area contributed by atoms with Crippen LogP contribution < -0.4 is 10.2 Å². The van der Waals surface area contributed by atoms with Crippen LogP contribution in [0.5, 0.6) is 0 Å². The average molecular weight is 442 g/mol. The number of anilines is 2. The highest BCUT2D eigenvalue weighted by molar-refractivity contribution is 8.00. The normalized spacial score (nSPS) is 16.1. The van der Waals surface area contributed by atoms with Crippen LogP contribution in [0.2, 0.25) is 0 Å². The molecule has 1 aliphatic rings. The fourth-order valence-corrected chi connectivity index (χ4v) is 5.00. The zero-order valence-electron chi connectivity index (χ0n) is 17.0. The van der Waals surface area contributed by atoms with Gasteiger partial charge in [0.05, 0.1) is 16.6 Å². The molecule has 1 atom stereocenters. The molecular weight excluding hydrogens is 418 g/mol. The summed E-state index contributed by atoms with van der Waals surface area (Å²) in [5, 5.41) is 13.5. The van der Waals surface area contributed by atoms with E-state index in [9.17, 15) is 9.59 Å². The van der Waals surface area contributed by atoms with E-state index in [2.05, 4.69) is 27.0 Å². The summed E-state index contributed by atoms with van der Waals surface area (Å²) in [6.07, 6.45) is 2.58. The molecule has 156 valence electrons. The second kappa shape index (κ2) is 8.23. The molecule has 3 heterocycles. The third-order valence-corrected chi connectivity index (χ3v) is 7.14. The van der Waals surface area contributed by atoms with E-state index in [1.807, 2.05) is 41.8 Å².